The van der Waals surface area contributed by atoms with Gasteiger partial charge in [0.2, 0.25) is 30.2 Å². The summed E-state index contributed by atoms with van der Waals surface area (Å²) in [6, 6.07) is 27.0. The summed E-state index contributed by atoms with van der Waals surface area (Å²) < 4.78 is 153. The number of fused-ring (bicyclic) bond motifs is 2. The molecule has 22 atom stereocenters. The largest absolute Gasteiger partial charge is 0.424 e. The van der Waals surface area contributed by atoms with Gasteiger partial charge in [-0.3, -0.25) is 46.9 Å². The van der Waals surface area contributed by atoms with Crippen molar-refractivity contribution in [2.45, 2.75) is 173 Å². The Morgan fingerprint density at radius 1 is 0.466 bits per heavy atom. The van der Waals surface area contributed by atoms with Crippen molar-refractivity contribution in [3.8, 4) is 17.2 Å². The van der Waals surface area contributed by atoms with Gasteiger partial charge in [-0.1, -0.05) is 75.4 Å². The van der Waals surface area contributed by atoms with Crippen molar-refractivity contribution in [2.24, 2.45) is 17.8 Å². The van der Waals surface area contributed by atoms with Gasteiger partial charge >= 0.3 is 34.2 Å². The third-order valence-electron chi connectivity index (χ3n) is 21.4. The van der Waals surface area contributed by atoms with Crippen LogP contribution in [0.25, 0.3) is 22.1 Å². The predicted octanol–water partition coefficient (Wildman–Crippen LogP) is 9.41. The Morgan fingerprint density at radius 2 is 0.805 bits per heavy atom. The molecule has 3 aromatic carbocycles. The van der Waals surface area contributed by atoms with Gasteiger partial charge in [0.25, 0.3) is 5.56 Å². The lowest BCUT2D eigenvalue weighted by atomic mass is 10.1. The number of carbonyl (C=O) groups is 5. The summed E-state index contributed by atoms with van der Waals surface area (Å²) in [6.07, 6.45) is -12.6. The maximum Gasteiger partial charge on any atom is 0.380 e. The fourth-order valence-corrected chi connectivity index (χ4v) is 22.1. The second kappa shape index (κ2) is 44.0. The zero-order valence-corrected chi connectivity index (χ0v) is 81.2. The first-order valence-corrected chi connectivity index (χ1v) is 49.0. The molecule has 13 rings (SSSR count). The molecule has 0 amide bonds. The van der Waals surface area contributed by atoms with Gasteiger partial charge in [-0.2, -0.15) is 24.9 Å². The van der Waals surface area contributed by atoms with E-state index in [1.54, 1.807) is 112 Å². The first-order valence-electron chi connectivity index (χ1n) is 40.7. The second-order valence-electron chi connectivity index (χ2n) is 31.7. The Bertz CT molecular complexity index is 6050. The lowest BCUT2D eigenvalue weighted by Gasteiger charge is -2.25. The number of hydrogen-bond donors (Lipinski definition) is 11. The zero-order chi connectivity index (χ0) is 98.1. The highest BCUT2D eigenvalue weighted by Gasteiger charge is 2.61. The van der Waals surface area contributed by atoms with Crippen LogP contribution in [-0.2, 0) is 83.0 Å². The number of alkyl halides is 8. The normalized spacial score (nSPS) is 26.9. The standard InChI is InChI=1S/C24H30BrFN3O8P.C24H29BrFN2O9P.C22H26BrFN5O6P.C11H13BrFN5O3/c1-14(16(3)31)13-38(34,37-18-7-5-4-6-17(18)9-8-15(2)30)35-12-19-21(32)24(25,26)22(36-19)29-11-10-20(27)28-23(29)33;1-14(16(3)30)13-38(34,37-18-7-5-4-6-17(18)9-8-15(2)29)35-12-19-21(32)24(25,26)22(36-19)28-11-10-20(31)27-23(28)33;1-12(13(2)30)11-36(32,35-14-6-4-3-5-7-14)33-10-16-17(31)22(23,24)20(34-16)29-9-8-15-18(25)27-21(26)28-19(15)29;12-11(13)6(20)5(3-19)21-9(11)18-2-1-4-7(14)16-10(15)17-8(4)18/h4-7,10-11,14,19,21-22,32H,8-9,12-13H2,1-3H3,(H2,27,28,33);4-7,10-11,14,19,21-22,32H,8-9,12-13H2,1-3H3,(H,27,31,33);3-9,12,16-17,20,31H,10-11H2,1-2H3,(H4,25,26,27,28);1-2,5-6,9,19-20H,3H2,(H4,14,15,16,17)/t2*14-,19-,21+,22-,24?,38?;12-,16-,17+,20-,22?,36?;5-,6+,9-,11?/m1111/s1. The van der Waals surface area contributed by atoms with Crippen LogP contribution < -0.4 is 59.2 Å². The van der Waals surface area contributed by atoms with E-state index in [9.17, 15) is 76.9 Å². The van der Waals surface area contributed by atoms with E-state index < -0.39 is 176 Å². The summed E-state index contributed by atoms with van der Waals surface area (Å²) in [5.74, 6) is -2.16. The number of nitrogens with two attached hydrogens (primary N) is 5. The maximum absolute atomic E-state index is 15.7. The molecule has 6 aromatic heterocycles. The third kappa shape index (κ3) is 25.7. The van der Waals surface area contributed by atoms with Crippen LogP contribution >= 0.6 is 86.5 Å². The number of nitrogens with zero attached hydrogens (tertiary/aromatic N) is 9. The molecule has 133 heavy (non-hydrogen) atoms. The van der Waals surface area contributed by atoms with E-state index in [0.29, 0.717) is 34.7 Å². The molecule has 0 spiro atoms. The number of aromatic nitrogens is 10. The number of carbonyl (C=O) groups excluding carboxylic acids is 5. The first-order chi connectivity index (χ1) is 62.2. The summed E-state index contributed by atoms with van der Waals surface area (Å²) in [5.41, 5.74) is 27.5. The van der Waals surface area contributed by atoms with Crippen LogP contribution in [0.3, 0.4) is 0 Å². The van der Waals surface area contributed by atoms with Gasteiger partial charge in [0.1, 0.15) is 124 Å². The number of benzene rings is 3. The van der Waals surface area contributed by atoms with E-state index in [1.807, 2.05) is 4.98 Å². The second-order valence-corrected chi connectivity index (χ2v) is 42.6. The summed E-state index contributed by atoms with van der Waals surface area (Å²) in [7, 11) is -12.1. The van der Waals surface area contributed by atoms with Gasteiger partial charge < -0.3 is 105 Å². The lowest BCUT2D eigenvalue weighted by Crippen LogP contribution is -2.41. The van der Waals surface area contributed by atoms with Crippen molar-refractivity contribution >= 4 is 167 Å². The van der Waals surface area contributed by atoms with E-state index in [4.69, 9.17) is 79.9 Å². The molecule has 16 N–H and O–H groups in total. The molecule has 0 bridgehead atoms. The predicted molar refractivity (Wildman–Crippen MR) is 489 cm³/mol. The van der Waals surface area contributed by atoms with Crippen molar-refractivity contribution in [1.29, 1.82) is 0 Å². The minimum Gasteiger partial charge on any atom is -0.424 e. The van der Waals surface area contributed by atoms with Crippen molar-refractivity contribution in [3.05, 3.63) is 170 Å². The number of halogens is 8. The SMILES string of the molecule is CC(=O)CCc1ccccc1OP(=O)(C[C@@H](C)C(C)=O)OC[C@H]1O[C@@H](n2ccc(=O)[nH]c2=O)C(F)(Br)[C@H]1O.CC(=O)CCc1ccccc1OP(=O)(C[C@@H](C)C(C)=O)OC[C@H]1O[C@@H](n2ccc(N)nc2=O)C(F)(Br)[C@H]1O.CC(=O)[C@H](C)CP(=O)(OC[C@H]1O[C@@H](n2ccc3c(N)nc(N)nc32)C(F)(Br)[C@H]1O)Oc1ccccc1.Nc1nc(N)c2ccn([C@@H]3O[C@H](CO)[C@H](O)C3(F)Br)c2n1. The summed E-state index contributed by atoms with van der Waals surface area (Å²) >= 11 is 11.3. The number of nitrogen functional groups attached to an aromatic ring is 5. The number of Topliss-reactive ketones (excluding diaryl/α,β-unsaturated/α-hetero) is 5. The Kier molecular flexibility index (Phi) is 35.1. The number of para-hydroxylation sites is 3. The molecule has 0 radical (unpaired) electrons. The molecule has 0 aliphatic carbocycles. The monoisotopic (exact) mass is 2180 g/mol. The number of aryl methyl sites for hydroxylation is 2. The molecule has 10 heterocycles. The maximum atomic E-state index is 15.7. The zero-order valence-electron chi connectivity index (χ0n) is 72.1. The van der Waals surface area contributed by atoms with Crippen molar-refractivity contribution < 1.29 is 127 Å². The van der Waals surface area contributed by atoms with Crippen LogP contribution in [-0.4, -0.2) is 215 Å². The number of aliphatic hydroxyl groups is 5. The summed E-state index contributed by atoms with van der Waals surface area (Å²) in [5, 5.41) is 51.8. The topological polar surface area (TPSA) is 611 Å². The Balaban J connectivity index is 0.000000187. The fraction of sp³-hybridized carbons (Fsp3) is 0.469. The Morgan fingerprint density at radius 3 is 1.17 bits per heavy atom. The van der Waals surface area contributed by atoms with Gasteiger partial charge in [-0.25, -0.2) is 40.8 Å². The highest BCUT2D eigenvalue weighted by Crippen LogP contribution is 2.57. The van der Waals surface area contributed by atoms with Crippen LogP contribution in [0, 0.1) is 17.8 Å². The highest BCUT2D eigenvalue weighted by atomic mass is 79.9. The van der Waals surface area contributed by atoms with Gasteiger partial charge in [-0.05, 0) is 165 Å². The minimum atomic E-state index is -4.10. The van der Waals surface area contributed by atoms with E-state index >= 15 is 13.2 Å². The van der Waals surface area contributed by atoms with Gasteiger partial charge in [0.05, 0.1) is 55.7 Å². The first kappa shape index (κ1) is 106. The number of hydrogen-bond acceptors (Lipinski definition) is 36. The molecule has 41 nitrogen and oxygen atoms in total. The molecule has 4 saturated heterocycles. The number of ketones is 5. The van der Waals surface area contributed by atoms with E-state index in [2.05, 4.69) is 88.6 Å². The third-order valence-corrected chi connectivity index (χ3v) is 30.9. The number of aliphatic hydroxyl groups excluding tert-OH is 5. The minimum absolute atomic E-state index is 0.0359. The molecule has 4 aliphatic heterocycles. The molecule has 52 heteroatoms. The van der Waals surface area contributed by atoms with Crippen LogP contribution in [0.4, 0.5) is 46.9 Å². The molecule has 9 aromatic rings. The van der Waals surface area contributed by atoms with Crippen LogP contribution in [0.15, 0.2) is 142 Å². The van der Waals surface area contributed by atoms with Crippen LogP contribution in [0.5, 0.6) is 17.2 Å². The number of rotatable bonds is 35. The van der Waals surface area contributed by atoms with Gasteiger partial charge in [-0.15, -0.1) is 0 Å². The molecular formula is C81H98Br4F4N15O26P3. The summed E-state index contributed by atoms with van der Waals surface area (Å²) in [4.78, 5) is 116. The number of nitrogens with one attached hydrogen (secondary N) is 1. The number of ether oxygens (including phenoxy) is 4. The summed E-state index contributed by atoms with van der Waals surface area (Å²) in [6.45, 7) is 9.43. The number of aromatic amines is 1. The van der Waals surface area contributed by atoms with E-state index in [-0.39, 0.29) is 118 Å². The average Bonchev–Trinajstić information content (AvgIpc) is 1.60. The molecular weight excluding hydrogens is 2090 g/mol. The number of anilines is 5. The molecule has 4 fully saturated rings. The Labute approximate surface area is 788 Å². The van der Waals surface area contributed by atoms with E-state index in [0.717, 1.165) is 21.4 Å². The van der Waals surface area contributed by atoms with Gasteiger partial charge in [0.15, 0.2) is 24.9 Å². The fourth-order valence-electron chi connectivity index (χ4n) is 13.6. The smallest absolute Gasteiger partial charge is 0.380 e. The van der Waals surface area contributed by atoms with Crippen molar-refractivity contribution in [1.82, 2.24) is 48.2 Å². The highest BCUT2D eigenvalue weighted by molar-refractivity contribution is 9.10. The van der Waals surface area contributed by atoms with E-state index in [1.165, 1.54) is 68.4 Å². The van der Waals surface area contributed by atoms with Crippen LogP contribution in [0.2, 0.25) is 0 Å². The molecule has 724 valence electrons. The average molecular weight is 2190 g/mol. The molecule has 0 saturated carbocycles. The lowest BCUT2D eigenvalue weighted by molar-refractivity contribution is -0.120. The van der Waals surface area contributed by atoms with Gasteiger partial charge in [0, 0.05) is 61.4 Å². The molecule has 4 aliphatic rings. The Hall–Kier alpha value is -8.94. The van der Waals surface area contributed by atoms with Crippen molar-refractivity contribution in [2.75, 3.05) is 73.6 Å². The molecule has 7 unspecified atom stereocenters. The van der Waals surface area contributed by atoms with Crippen molar-refractivity contribution in [3.63, 3.8) is 0 Å². The van der Waals surface area contributed by atoms with Crippen LogP contribution in [0.1, 0.15) is 104 Å². The number of H-pyrrole nitrogens is 1. The quantitative estimate of drug-likeness (QED) is 0.01000.